The second-order valence-electron chi connectivity index (χ2n) is 3.74. The van der Waals surface area contributed by atoms with Gasteiger partial charge in [0.1, 0.15) is 0 Å². The average Bonchev–Trinajstić information content (AvgIpc) is 2.65. The molecule has 4 nitrogen and oxygen atoms in total. The Kier molecular flexibility index (Phi) is 2.49. The largest absolute Gasteiger partial charge is 0.454 e. The fraction of sp³-hybridized carbons (Fsp3) is 0.364. The van der Waals surface area contributed by atoms with Crippen LogP contribution in [0.1, 0.15) is 30.9 Å². The summed E-state index contributed by atoms with van der Waals surface area (Å²) in [5.74, 6) is 1.76. The predicted molar refractivity (Wildman–Crippen MR) is 56.0 cm³/mol. The minimum absolute atomic E-state index is 0.225. The molecule has 0 saturated carbocycles. The molecule has 0 radical (unpaired) electrons. The molecular formula is C11H13NO3. The van der Waals surface area contributed by atoms with Crippen LogP contribution in [-0.2, 0) is 0 Å². The molecule has 0 bridgehead atoms. The second kappa shape index (κ2) is 3.81. The molecule has 1 aliphatic heterocycles. The third-order valence-electron chi connectivity index (χ3n) is 2.39. The summed E-state index contributed by atoms with van der Waals surface area (Å²) >= 11 is 0. The lowest BCUT2D eigenvalue weighted by Crippen LogP contribution is -1.94. The second-order valence-corrected chi connectivity index (χ2v) is 3.74. The Morgan fingerprint density at radius 1 is 1.40 bits per heavy atom. The van der Waals surface area contributed by atoms with Gasteiger partial charge in [-0.25, -0.2) is 0 Å². The molecule has 1 N–H and O–H groups in total. The van der Waals surface area contributed by atoms with Crippen molar-refractivity contribution in [3.05, 3.63) is 23.3 Å². The van der Waals surface area contributed by atoms with Gasteiger partial charge in [-0.1, -0.05) is 19.0 Å². The standard InChI is InChI=1S/C11H13NO3/c1-7(2)8-3-9(5-12-13)11-10(4-8)14-6-15-11/h3-5,7,13H,6H2,1-2H3/b12-5+. The number of nitrogens with zero attached hydrogens (tertiary/aromatic N) is 1. The fourth-order valence-electron chi connectivity index (χ4n) is 1.55. The smallest absolute Gasteiger partial charge is 0.231 e. The highest BCUT2D eigenvalue weighted by Crippen LogP contribution is 2.37. The van der Waals surface area contributed by atoms with E-state index in [9.17, 15) is 0 Å². The first kappa shape index (κ1) is 9.83. The Hall–Kier alpha value is -1.71. The Labute approximate surface area is 88.1 Å². The van der Waals surface area contributed by atoms with Crippen molar-refractivity contribution < 1.29 is 14.7 Å². The molecule has 0 fully saturated rings. The van der Waals surface area contributed by atoms with Crippen molar-refractivity contribution in [2.24, 2.45) is 5.16 Å². The minimum Gasteiger partial charge on any atom is -0.454 e. The Bertz CT molecular complexity index is 399. The molecule has 0 atom stereocenters. The van der Waals surface area contributed by atoms with Gasteiger partial charge in [-0.05, 0) is 23.6 Å². The molecule has 0 spiro atoms. The number of hydrogen-bond acceptors (Lipinski definition) is 4. The molecule has 4 heteroatoms. The predicted octanol–water partition coefficient (Wildman–Crippen LogP) is 2.35. The van der Waals surface area contributed by atoms with Crippen LogP contribution >= 0.6 is 0 Å². The van der Waals surface area contributed by atoms with Crippen LogP contribution in [0.25, 0.3) is 0 Å². The van der Waals surface area contributed by atoms with Crippen molar-refractivity contribution in [2.75, 3.05) is 6.79 Å². The molecule has 0 saturated heterocycles. The van der Waals surface area contributed by atoms with E-state index < -0.39 is 0 Å². The van der Waals surface area contributed by atoms with Gasteiger partial charge in [-0.3, -0.25) is 0 Å². The summed E-state index contributed by atoms with van der Waals surface area (Å²) in [4.78, 5) is 0. The van der Waals surface area contributed by atoms with Crippen molar-refractivity contribution >= 4 is 6.21 Å². The highest BCUT2D eigenvalue weighted by molar-refractivity contribution is 5.85. The van der Waals surface area contributed by atoms with Gasteiger partial charge in [-0.2, -0.15) is 0 Å². The van der Waals surface area contributed by atoms with Gasteiger partial charge in [0.25, 0.3) is 0 Å². The number of benzene rings is 1. The van der Waals surface area contributed by atoms with Gasteiger partial charge in [0.2, 0.25) is 6.79 Å². The molecule has 1 aromatic carbocycles. The maximum Gasteiger partial charge on any atom is 0.231 e. The van der Waals surface area contributed by atoms with E-state index in [-0.39, 0.29) is 6.79 Å². The molecule has 0 aliphatic carbocycles. The van der Waals surface area contributed by atoms with E-state index in [1.54, 1.807) is 0 Å². The fourth-order valence-corrected chi connectivity index (χ4v) is 1.55. The molecule has 80 valence electrons. The van der Waals surface area contributed by atoms with Crippen LogP contribution < -0.4 is 9.47 Å². The van der Waals surface area contributed by atoms with Gasteiger partial charge in [0.05, 0.1) is 6.21 Å². The normalized spacial score (nSPS) is 14.1. The summed E-state index contributed by atoms with van der Waals surface area (Å²) in [5.41, 5.74) is 1.88. The van der Waals surface area contributed by atoms with E-state index in [0.717, 1.165) is 16.9 Å². The van der Waals surface area contributed by atoms with Gasteiger partial charge in [0, 0.05) is 5.56 Å². The van der Waals surface area contributed by atoms with Crippen LogP contribution in [0.2, 0.25) is 0 Å². The summed E-state index contributed by atoms with van der Waals surface area (Å²) in [5, 5.41) is 11.6. The van der Waals surface area contributed by atoms with Crippen LogP contribution in [-0.4, -0.2) is 18.2 Å². The van der Waals surface area contributed by atoms with E-state index in [1.165, 1.54) is 6.21 Å². The van der Waals surface area contributed by atoms with Crippen LogP contribution in [0.4, 0.5) is 0 Å². The Morgan fingerprint density at radius 2 is 2.20 bits per heavy atom. The topological polar surface area (TPSA) is 51.1 Å². The third kappa shape index (κ3) is 1.75. The van der Waals surface area contributed by atoms with Crippen LogP contribution in [0.5, 0.6) is 11.5 Å². The zero-order valence-electron chi connectivity index (χ0n) is 8.73. The van der Waals surface area contributed by atoms with E-state index in [1.807, 2.05) is 12.1 Å². The highest BCUT2D eigenvalue weighted by atomic mass is 16.7. The number of oxime groups is 1. The third-order valence-corrected chi connectivity index (χ3v) is 2.39. The Morgan fingerprint density at radius 3 is 2.87 bits per heavy atom. The van der Waals surface area contributed by atoms with E-state index >= 15 is 0 Å². The van der Waals surface area contributed by atoms with Crippen LogP contribution in [0.15, 0.2) is 17.3 Å². The number of ether oxygens (including phenoxy) is 2. The minimum atomic E-state index is 0.225. The van der Waals surface area contributed by atoms with Gasteiger partial charge >= 0.3 is 0 Å². The first-order valence-corrected chi connectivity index (χ1v) is 4.83. The number of rotatable bonds is 2. The first-order chi connectivity index (χ1) is 7.22. The summed E-state index contributed by atoms with van der Waals surface area (Å²) < 4.78 is 10.6. The van der Waals surface area contributed by atoms with Crippen molar-refractivity contribution in [2.45, 2.75) is 19.8 Å². The monoisotopic (exact) mass is 207 g/mol. The maximum absolute atomic E-state index is 8.55. The van der Waals surface area contributed by atoms with Crippen molar-refractivity contribution in [1.82, 2.24) is 0 Å². The van der Waals surface area contributed by atoms with Crippen molar-refractivity contribution in [3.8, 4) is 11.5 Å². The molecule has 15 heavy (non-hydrogen) atoms. The SMILES string of the molecule is CC(C)c1cc(/C=N/O)c2c(c1)OCO2. The highest BCUT2D eigenvalue weighted by Gasteiger charge is 2.19. The van der Waals surface area contributed by atoms with Gasteiger partial charge in [0.15, 0.2) is 11.5 Å². The lowest BCUT2D eigenvalue weighted by Gasteiger charge is -2.08. The molecular weight excluding hydrogens is 194 g/mol. The van der Waals surface area contributed by atoms with Crippen LogP contribution in [0.3, 0.4) is 0 Å². The molecule has 1 aliphatic rings. The molecule has 0 unspecified atom stereocenters. The zero-order valence-corrected chi connectivity index (χ0v) is 8.73. The quantitative estimate of drug-likeness (QED) is 0.460. The zero-order chi connectivity index (χ0) is 10.8. The summed E-state index contributed by atoms with van der Waals surface area (Å²) in [6.07, 6.45) is 1.36. The van der Waals surface area contributed by atoms with E-state index in [4.69, 9.17) is 14.7 Å². The molecule has 1 heterocycles. The van der Waals surface area contributed by atoms with Crippen molar-refractivity contribution in [3.63, 3.8) is 0 Å². The molecule has 2 rings (SSSR count). The van der Waals surface area contributed by atoms with Crippen molar-refractivity contribution in [1.29, 1.82) is 0 Å². The molecule has 0 aromatic heterocycles. The van der Waals surface area contributed by atoms with E-state index in [0.29, 0.717) is 11.7 Å². The lowest BCUT2D eigenvalue weighted by molar-refractivity contribution is 0.173. The van der Waals surface area contributed by atoms with Gasteiger partial charge < -0.3 is 14.7 Å². The molecule has 1 aromatic rings. The summed E-state index contributed by atoms with van der Waals surface area (Å²) in [7, 11) is 0. The Balaban J connectivity index is 2.52. The lowest BCUT2D eigenvalue weighted by atomic mass is 10.00. The van der Waals surface area contributed by atoms with Gasteiger partial charge in [-0.15, -0.1) is 0 Å². The molecule has 0 amide bonds. The first-order valence-electron chi connectivity index (χ1n) is 4.83. The number of fused-ring (bicyclic) bond motifs is 1. The van der Waals surface area contributed by atoms with Crippen LogP contribution in [0, 0.1) is 0 Å². The average molecular weight is 207 g/mol. The maximum atomic E-state index is 8.55. The summed E-state index contributed by atoms with van der Waals surface area (Å²) in [6.45, 7) is 4.41. The summed E-state index contributed by atoms with van der Waals surface area (Å²) in [6, 6.07) is 3.90. The number of hydrogen-bond donors (Lipinski definition) is 1. The van der Waals surface area contributed by atoms with E-state index in [2.05, 4.69) is 19.0 Å².